The molecule has 0 N–H and O–H groups in total. The van der Waals surface area contributed by atoms with Crippen LogP contribution in [-0.2, 0) is 0 Å². The van der Waals surface area contributed by atoms with Crippen molar-refractivity contribution in [1.29, 1.82) is 0 Å². The van der Waals surface area contributed by atoms with Gasteiger partial charge in [0.25, 0.3) is 5.91 Å². The number of halogens is 1. The van der Waals surface area contributed by atoms with Gasteiger partial charge in [-0.2, -0.15) is 0 Å². The number of benzene rings is 1. The van der Waals surface area contributed by atoms with Gasteiger partial charge in [-0.25, -0.2) is 0 Å². The SMILES string of the molecule is Cc1ccc(C(=O)N2CCCC(CCCl)C2)cc1. The van der Waals surface area contributed by atoms with Crippen molar-refractivity contribution in [2.24, 2.45) is 5.92 Å². The number of piperidine rings is 1. The van der Waals surface area contributed by atoms with Gasteiger partial charge in [-0.3, -0.25) is 4.79 Å². The zero-order valence-corrected chi connectivity index (χ0v) is 11.6. The number of hydrogen-bond donors (Lipinski definition) is 0. The van der Waals surface area contributed by atoms with Gasteiger partial charge >= 0.3 is 0 Å². The number of aryl methyl sites for hydroxylation is 1. The second-order valence-electron chi connectivity index (χ2n) is 5.10. The Balaban J connectivity index is 2.02. The van der Waals surface area contributed by atoms with Crippen molar-refractivity contribution in [2.45, 2.75) is 26.2 Å². The lowest BCUT2D eigenvalue weighted by Crippen LogP contribution is -2.40. The second kappa shape index (κ2) is 6.24. The molecule has 2 rings (SSSR count). The molecule has 0 spiro atoms. The minimum Gasteiger partial charge on any atom is -0.338 e. The summed E-state index contributed by atoms with van der Waals surface area (Å²) < 4.78 is 0. The van der Waals surface area contributed by atoms with Crippen LogP contribution in [0.1, 0.15) is 35.2 Å². The maximum absolute atomic E-state index is 12.4. The number of rotatable bonds is 3. The first-order valence-electron chi connectivity index (χ1n) is 6.62. The molecule has 1 aromatic carbocycles. The zero-order valence-electron chi connectivity index (χ0n) is 10.9. The van der Waals surface area contributed by atoms with Gasteiger partial charge in [0.2, 0.25) is 0 Å². The van der Waals surface area contributed by atoms with Crippen LogP contribution in [0.4, 0.5) is 0 Å². The van der Waals surface area contributed by atoms with E-state index in [1.165, 1.54) is 12.0 Å². The third-order valence-corrected chi connectivity index (χ3v) is 3.84. The highest BCUT2D eigenvalue weighted by atomic mass is 35.5. The Bertz CT molecular complexity index is 399. The van der Waals surface area contributed by atoms with Gasteiger partial charge in [-0.15, -0.1) is 11.6 Å². The van der Waals surface area contributed by atoms with Crippen LogP contribution < -0.4 is 0 Å². The molecule has 1 unspecified atom stereocenters. The molecule has 1 saturated heterocycles. The van der Waals surface area contributed by atoms with E-state index in [-0.39, 0.29) is 5.91 Å². The molecule has 1 amide bonds. The first-order chi connectivity index (χ1) is 8.70. The van der Waals surface area contributed by atoms with Crippen LogP contribution in [0.15, 0.2) is 24.3 Å². The average molecular weight is 266 g/mol. The second-order valence-corrected chi connectivity index (χ2v) is 5.48. The van der Waals surface area contributed by atoms with Crippen LogP contribution in [0.2, 0.25) is 0 Å². The number of carbonyl (C=O) groups excluding carboxylic acids is 1. The quantitative estimate of drug-likeness (QED) is 0.767. The van der Waals surface area contributed by atoms with E-state index in [4.69, 9.17) is 11.6 Å². The number of carbonyl (C=O) groups is 1. The minimum absolute atomic E-state index is 0.161. The van der Waals surface area contributed by atoms with Crippen LogP contribution in [0, 0.1) is 12.8 Å². The van der Waals surface area contributed by atoms with Gasteiger partial charge in [0.05, 0.1) is 0 Å². The predicted octanol–water partition coefficient (Wildman–Crippen LogP) is 3.48. The van der Waals surface area contributed by atoms with E-state index in [1.807, 2.05) is 36.1 Å². The Kier molecular flexibility index (Phi) is 4.65. The van der Waals surface area contributed by atoms with E-state index in [0.717, 1.165) is 31.5 Å². The van der Waals surface area contributed by atoms with Gasteiger partial charge in [-0.05, 0) is 44.2 Å². The van der Waals surface area contributed by atoms with Crippen LogP contribution in [0.5, 0.6) is 0 Å². The molecule has 0 bridgehead atoms. The number of amides is 1. The largest absolute Gasteiger partial charge is 0.338 e. The Labute approximate surface area is 114 Å². The van der Waals surface area contributed by atoms with Crippen LogP contribution >= 0.6 is 11.6 Å². The Morgan fingerprint density at radius 1 is 1.39 bits per heavy atom. The molecular weight excluding hydrogens is 246 g/mol. The molecule has 0 radical (unpaired) electrons. The minimum atomic E-state index is 0.161. The van der Waals surface area contributed by atoms with Gasteiger partial charge in [0.15, 0.2) is 0 Å². The van der Waals surface area contributed by atoms with E-state index >= 15 is 0 Å². The number of nitrogens with zero attached hydrogens (tertiary/aromatic N) is 1. The third kappa shape index (κ3) is 3.26. The number of hydrogen-bond acceptors (Lipinski definition) is 1. The fraction of sp³-hybridized carbons (Fsp3) is 0.533. The zero-order chi connectivity index (χ0) is 13.0. The predicted molar refractivity (Wildman–Crippen MR) is 75.1 cm³/mol. The molecule has 98 valence electrons. The Morgan fingerprint density at radius 2 is 2.11 bits per heavy atom. The van der Waals surface area contributed by atoms with Gasteiger partial charge < -0.3 is 4.90 Å². The summed E-state index contributed by atoms with van der Waals surface area (Å²) >= 11 is 5.79. The lowest BCUT2D eigenvalue weighted by molar-refractivity contribution is 0.0671. The lowest BCUT2D eigenvalue weighted by atomic mass is 9.95. The summed E-state index contributed by atoms with van der Waals surface area (Å²) in [5.41, 5.74) is 1.98. The molecular formula is C15H20ClNO. The van der Waals surface area contributed by atoms with Gasteiger partial charge in [0, 0.05) is 24.5 Å². The molecule has 2 nitrogen and oxygen atoms in total. The first kappa shape index (κ1) is 13.4. The third-order valence-electron chi connectivity index (χ3n) is 3.62. The fourth-order valence-corrected chi connectivity index (χ4v) is 2.83. The monoisotopic (exact) mass is 265 g/mol. The highest BCUT2D eigenvalue weighted by molar-refractivity contribution is 6.17. The van der Waals surface area contributed by atoms with Crippen molar-refractivity contribution in [3.05, 3.63) is 35.4 Å². The average Bonchev–Trinajstić information content (AvgIpc) is 2.39. The molecule has 1 heterocycles. The molecule has 1 fully saturated rings. The van der Waals surface area contributed by atoms with Crippen molar-refractivity contribution in [2.75, 3.05) is 19.0 Å². The first-order valence-corrected chi connectivity index (χ1v) is 7.16. The Hall–Kier alpha value is -1.02. The Morgan fingerprint density at radius 3 is 2.78 bits per heavy atom. The topological polar surface area (TPSA) is 20.3 Å². The lowest BCUT2D eigenvalue weighted by Gasteiger charge is -2.32. The molecule has 1 atom stereocenters. The molecule has 18 heavy (non-hydrogen) atoms. The maximum atomic E-state index is 12.4. The number of alkyl halides is 1. The summed E-state index contributed by atoms with van der Waals surface area (Å²) in [6, 6.07) is 7.83. The molecule has 0 aromatic heterocycles. The molecule has 3 heteroatoms. The van der Waals surface area contributed by atoms with Crippen molar-refractivity contribution in [1.82, 2.24) is 4.90 Å². The van der Waals surface area contributed by atoms with E-state index < -0.39 is 0 Å². The summed E-state index contributed by atoms with van der Waals surface area (Å²) in [4.78, 5) is 14.3. The highest BCUT2D eigenvalue weighted by Gasteiger charge is 2.23. The van der Waals surface area contributed by atoms with Gasteiger partial charge in [0.1, 0.15) is 0 Å². The van der Waals surface area contributed by atoms with Crippen LogP contribution in [-0.4, -0.2) is 29.8 Å². The summed E-state index contributed by atoms with van der Waals surface area (Å²) in [7, 11) is 0. The van der Waals surface area contributed by atoms with Crippen LogP contribution in [0.25, 0.3) is 0 Å². The molecule has 0 aliphatic carbocycles. The van der Waals surface area contributed by atoms with Crippen molar-refractivity contribution < 1.29 is 4.79 Å². The van der Waals surface area contributed by atoms with E-state index in [0.29, 0.717) is 11.8 Å². The standard InChI is InChI=1S/C15H20ClNO/c1-12-4-6-14(7-5-12)15(18)17-10-2-3-13(11-17)8-9-16/h4-7,13H,2-3,8-11H2,1H3. The van der Waals surface area contributed by atoms with Crippen molar-refractivity contribution in [3.8, 4) is 0 Å². The van der Waals surface area contributed by atoms with E-state index in [1.54, 1.807) is 0 Å². The van der Waals surface area contributed by atoms with Crippen LogP contribution in [0.3, 0.4) is 0 Å². The molecule has 1 aliphatic rings. The fourth-order valence-electron chi connectivity index (χ4n) is 2.52. The maximum Gasteiger partial charge on any atom is 0.253 e. The highest BCUT2D eigenvalue weighted by Crippen LogP contribution is 2.21. The number of likely N-dealkylation sites (tertiary alicyclic amines) is 1. The van der Waals surface area contributed by atoms with E-state index in [9.17, 15) is 4.79 Å². The van der Waals surface area contributed by atoms with Crippen molar-refractivity contribution in [3.63, 3.8) is 0 Å². The molecule has 1 aromatic rings. The normalized spacial score (nSPS) is 19.9. The van der Waals surface area contributed by atoms with Gasteiger partial charge in [-0.1, -0.05) is 17.7 Å². The smallest absolute Gasteiger partial charge is 0.253 e. The summed E-state index contributed by atoms with van der Waals surface area (Å²) in [6.07, 6.45) is 3.31. The summed E-state index contributed by atoms with van der Waals surface area (Å²) in [5.74, 6) is 1.43. The van der Waals surface area contributed by atoms with Crippen molar-refractivity contribution >= 4 is 17.5 Å². The van der Waals surface area contributed by atoms with E-state index in [2.05, 4.69) is 0 Å². The molecule has 0 saturated carbocycles. The molecule has 1 aliphatic heterocycles. The summed E-state index contributed by atoms with van der Waals surface area (Å²) in [6.45, 7) is 3.77. The summed E-state index contributed by atoms with van der Waals surface area (Å²) in [5, 5.41) is 0.